The van der Waals surface area contributed by atoms with Crippen LogP contribution in [0.3, 0.4) is 0 Å². The Kier molecular flexibility index (Phi) is 7.81. The number of hydrogen-bond donors (Lipinski definition) is 1. The molecule has 0 bridgehead atoms. The van der Waals surface area contributed by atoms with Crippen molar-refractivity contribution in [2.24, 2.45) is 0 Å². The van der Waals surface area contributed by atoms with E-state index in [1.54, 1.807) is 41.1 Å². The molecule has 4 rings (SSSR count). The molecule has 2 aromatic carbocycles. The highest BCUT2D eigenvalue weighted by Crippen LogP contribution is 2.24. The zero-order valence-electron chi connectivity index (χ0n) is 21.2. The number of amides is 3. The first-order valence-electron chi connectivity index (χ1n) is 12.3. The predicted octanol–water partition coefficient (Wildman–Crippen LogP) is 4.13. The molecule has 192 valence electrons. The lowest BCUT2D eigenvalue weighted by Crippen LogP contribution is -2.30. The maximum atomic E-state index is 12.6. The Bertz CT molecular complexity index is 1330. The molecule has 1 N–H and O–H groups in total. The number of esters is 1. The highest BCUT2D eigenvalue weighted by atomic mass is 16.5. The van der Waals surface area contributed by atoms with E-state index in [0.29, 0.717) is 66.8 Å². The minimum Gasteiger partial charge on any atom is -0.465 e. The van der Waals surface area contributed by atoms with Gasteiger partial charge in [0, 0.05) is 13.0 Å². The average molecular weight is 503 g/mol. The Balaban J connectivity index is 1.27. The summed E-state index contributed by atoms with van der Waals surface area (Å²) < 4.78 is 6.63. The van der Waals surface area contributed by atoms with E-state index in [0.717, 1.165) is 11.3 Å². The first kappa shape index (κ1) is 25.8. The molecule has 0 spiro atoms. The molecule has 0 radical (unpaired) electrons. The molecule has 3 amide bonds. The van der Waals surface area contributed by atoms with E-state index in [4.69, 9.17) is 4.74 Å². The predicted molar refractivity (Wildman–Crippen MR) is 137 cm³/mol. The second-order valence-electron chi connectivity index (χ2n) is 9.02. The van der Waals surface area contributed by atoms with Crippen LogP contribution in [-0.4, -0.2) is 52.0 Å². The number of anilines is 1. The minimum atomic E-state index is -0.409. The fourth-order valence-electron chi connectivity index (χ4n) is 4.54. The third kappa shape index (κ3) is 5.45. The number of rotatable bonds is 10. The summed E-state index contributed by atoms with van der Waals surface area (Å²) in [7, 11) is 1.35. The van der Waals surface area contributed by atoms with Crippen LogP contribution in [0.4, 0.5) is 5.69 Å². The molecule has 9 nitrogen and oxygen atoms in total. The van der Waals surface area contributed by atoms with Crippen LogP contribution >= 0.6 is 0 Å². The van der Waals surface area contributed by atoms with Crippen LogP contribution in [0.15, 0.2) is 48.5 Å². The SMILES string of the molecule is COC(=O)c1ccccc1Cn1nc(C)c(NC(=O)CCCCCN2C(=O)c3ccccc3C2=O)c1C. The van der Waals surface area contributed by atoms with Crippen molar-refractivity contribution in [1.29, 1.82) is 0 Å². The number of methoxy groups -OCH3 is 1. The summed E-state index contributed by atoms with van der Waals surface area (Å²) in [6.45, 7) is 4.41. The average Bonchev–Trinajstić information content (AvgIpc) is 3.30. The maximum Gasteiger partial charge on any atom is 0.338 e. The zero-order valence-corrected chi connectivity index (χ0v) is 21.2. The lowest BCUT2D eigenvalue weighted by molar-refractivity contribution is -0.116. The molecule has 0 fully saturated rings. The molecule has 0 saturated carbocycles. The number of nitrogens with one attached hydrogen (secondary N) is 1. The highest BCUT2D eigenvalue weighted by Gasteiger charge is 2.34. The fraction of sp³-hybridized carbons (Fsp3) is 0.321. The number of fused-ring (bicyclic) bond motifs is 1. The molecule has 2 heterocycles. The number of carbonyl (C=O) groups excluding carboxylic acids is 4. The molecule has 1 aliphatic heterocycles. The molecule has 3 aromatic rings. The Labute approximate surface area is 215 Å². The van der Waals surface area contributed by atoms with Gasteiger partial charge in [-0.1, -0.05) is 36.8 Å². The monoisotopic (exact) mass is 502 g/mol. The van der Waals surface area contributed by atoms with Crippen LogP contribution < -0.4 is 5.32 Å². The highest BCUT2D eigenvalue weighted by molar-refractivity contribution is 6.21. The second kappa shape index (κ2) is 11.2. The van der Waals surface area contributed by atoms with Gasteiger partial charge in [-0.25, -0.2) is 4.79 Å². The lowest BCUT2D eigenvalue weighted by Gasteiger charge is -2.13. The summed E-state index contributed by atoms with van der Waals surface area (Å²) in [6, 6.07) is 14.0. The summed E-state index contributed by atoms with van der Waals surface area (Å²) in [4.78, 5) is 50.9. The van der Waals surface area contributed by atoms with Crippen LogP contribution in [0.2, 0.25) is 0 Å². The van der Waals surface area contributed by atoms with Crippen molar-refractivity contribution in [2.45, 2.75) is 46.1 Å². The van der Waals surface area contributed by atoms with Crippen LogP contribution in [0.5, 0.6) is 0 Å². The minimum absolute atomic E-state index is 0.124. The standard InChI is InChI=1S/C28H30N4O5/c1-18-25(19(2)32(30-18)17-20-11-6-7-12-21(20)28(36)37-3)29-24(33)15-5-4-10-16-31-26(34)22-13-8-9-14-23(22)27(31)35/h6-9,11-14H,4-5,10,15-17H2,1-3H3,(H,29,33). The number of aryl methyl sites for hydroxylation is 1. The molecule has 1 aliphatic rings. The van der Waals surface area contributed by atoms with Gasteiger partial charge in [0.25, 0.3) is 11.8 Å². The van der Waals surface area contributed by atoms with Crippen molar-refractivity contribution >= 4 is 29.4 Å². The van der Waals surface area contributed by atoms with Crippen molar-refractivity contribution in [1.82, 2.24) is 14.7 Å². The van der Waals surface area contributed by atoms with Gasteiger partial charge in [0.2, 0.25) is 5.91 Å². The normalized spacial score (nSPS) is 12.6. The largest absolute Gasteiger partial charge is 0.465 e. The molecule has 0 unspecified atom stereocenters. The molecule has 0 saturated heterocycles. The second-order valence-corrected chi connectivity index (χ2v) is 9.02. The van der Waals surface area contributed by atoms with Crippen LogP contribution in [0, 0.1) is 13.8 Å². The molecule has 0 aliphatic carbocycles. The molecular formula is C28H30N4O5. The lowest BCUT2D eigenvalue weighted by atomic mass is 10.1. The van der Waals surface area contributed by atoms with Gasteiger partial charge in [-0.15, -0.1) is 0 Å². The van der Waals surface area contributed by atoms with E-state index in [2.05, 4.69) is 10.4 Å². The summed E-state index contributed by atoms with van der Waals surface area (Å²) in [6.07, 6.45) is 2.29. The summed E-state index contributed by atoms with van der Waals surface area (Å²) in [5, 5.41) is 7.51. The van der Waals surface area contributed by atoms with E-state index < -0.39 is 5.97 Å². The number of nitrogens with zero attached hydrogens (tertiary/aromatic N) is 3. The maximum absolute atomic E-state index is 12.6. The Hall–Kier alpha value is -4.27. The van der Waals surface area contributed by atoms with Crippen molar-refractivity contribution in [3.05, 3.63) is 82.2 Å². The summed E-state index contributed by atoms with van der Waals surface area (Å²) >= 11 is 0. The number of ether oxygens (including phenoxy) is 1. The smallest absolute Gasteiger partial charge is 0.338 e. The Morgan fingerprint density at radius 3 is 2.24 bits per heavy atom. The number of imide groups is 1. The third-order valence-corrected chi connectivity index (χ3v) is 6.55. The van der Waals surface area contributed by atoms with Gasteiger partial charge in [-0.2, -0.15) is 5.10 Å². The van der Waals surface area contributed by atoms with Gasteiger partial charge < -0.3 is 10.1 Å². The van der Waals surface area contributed by atoms with Gasteiger partial charge in [0.15, 0.2) is 0 Å². The third-order valence-electron chi connectivity index (χ3n) is 6.55. The van der Waals surface area contributed by atoms with Crippen LogP contribution in [-0.2, 0) is 16.1 Å². The number of unbranched alkanes of at least 4 members (excludes halogenated alkanes) is 2. The van der Waals surface area contributed by atoms with Gasteiger partial charge in [0.1, 0.15) is 0 Å². The van der Waals surface area contributed by atoms with Crippen molar-refractivity contribution < 1.29 is 23.9 Å². The van der Waals surface area contributed by atoms with Crippen molar-refractivity contribution in [3.8, 4) is 0 Å². The molecule has 37 heavy (non-hydrogen) atoms. The quantitative estimate of drug-likeness (QED) is 0.254. The van der Waals surface area contributed by atoms with Crippen LogP contribution in [0.1, 0.15) is 73.7 Å². The van der Waals surface area contributed by atoms with E-state index in [1.165, 1.54) is 12.0 Å². The Morgan fingerprint density at radius 2 is 1.57 bits per heavy atom. The molecule has 9 heteroatoms. The molecule has 0 atom stereocenters. The first-order valence-corrected chi connectivity index (χ1v) is 12.3. The topological polar surface area (TPSA) is 111 Å². The zero-order chi connectivity index (χ0) is 26.5. The van der Waals surface area contributed by atoms with Gasteiger partial charge in [-0.05, 0) is 50.5 Å². The fourth-order valence-corrected chi connectivity index (χ4v) is 4.54. The van der Waals surface area contributed by atoms with Gasteiger partial charge in [-0.3, -0.25) is 24.0 Å². The van der Waals surface area contributed by atoms with Crippen molar-refractivity contribution in [2.75, 3.05) is 19.0 Å². The van der Waals surface area contributed by atoms with Crippen molar-refractivity contribution in [3.63, 3.8) is 0 Å². The molecule has 1 aromatic heterocycles. The Morgan fingerprint density at radius 1 is 0.919 bits per heavy atom. The summed E-state index contributed by atoms with van der Waals surface area (Å²) in [5.41, 5.74) is 4.29. The first-order chi connectivity index (χ1) is 17.8. The van der Waals surface area contributed by atoms with Crippen LogP contribution in [0.25, 0.3) is 0 Å². The number of hydrogen-bond acceptors (Lipinski definition) is 6. The van der Waals surface area contributed by atoms with E-state index in [-0.39, 0.29) is 17.7 Å². The molecular weight excluding hydrogens is 472 g/mol. The number of carbonyl (C=O) groups is 4. The van der Waals surface area contributed by atoms with E-state index >= 15 is 0 Å². The number of aromatic nitrogens is 2. The van der Waals surface area contributed by atoms with Gasteiger partial charge in [0.05, 0.1) is 47.4 Å². The van der Waals surface area contributed by atoms with E-state index in [1.807, 2.05) is 26.0 Å². The number of benzene rings is 2. The van der Waals surface area contributed by atoms with Gasteiger partial charge >= 0.3 is 5.97 Å². The van der Waals surface area contributed by atoms with E-state index in [9.17, 15) is 19.2 Å². The summed E-state index contributed by atoms with van der Waals surface area (Å²) in [5.74, 6) is -1.04.